The normalized spacial score (nSPS) is 34.6. The first-order valence-corrected chi connectivity index (χ1v) is 14.6. The van der Waals surface area contributed by atoms with Gasteiger partial charge in [-0.15, -0.1) is 0 Å². The Labute approximate surface area is 234 Å². The third kappa shape index (κ3) is 3.81. The van der Waals surface area contributed by atoms with E-state index in [-0.39, 0.29) is 17.6 Å². The highest BCUT2D eigenvalue weighted by atomic mass is 19.1. The van der Waals surface area contributed by atoms with Crippen molar-refractivity contribution >= 4 is 11.5 Å². The molecule has 3 N–H and O–H groups in total. The molecule has 10 heteroatoms. The molecule has 212 valence electrons. The molecule has 0 bridgehead atoms. The number of nitriles is 1. The number of ether oxygens (including phenoxy) is 2. The van der Waals surface area contributed by atoms with Gasteiger partial charge in [-0.1, -0.05) is 13.0 Å². The Kier molecular flexibility index (Phi) is 6.01. The van der Waals surface area contributed by atoms with Crippen molar-refractivity contribution < 1.29 is 19.0 Å². The second kappa shape index (κ2) is 9.26. The Balaban J connectivity index is 1.27. The molecular weight excluding hydrogens is 511 g/mol. The van der Waals surface area contributed by atoms with Crippen molar-refractivity contribution in [1.29, 1.82) is 5.26 Å². The summed E-state index contributed by atoms with van der Waals surface area (Å²) >= 11 is 0. The molecule has 7 rings (SSSR count). The molecule has 5 heterocycles. The first-order valence-electron chi connectivity index (χ1n) is 14.6. The van der Waals surface area contributed by atoms with Crippen molar-refractivity contribution in [2.45, 2.75) is 94.4 Å². The number of aliphatic hydroxyl groups excluding tert-OH is 1. The highest BCUT2D eigenvalue weighted by molar-refractivity contribution is 5.64. The van der Waals surface area contributed by atoms with Crippen LogP contribution in [-0.2, 0) is 23.4 Å². The maximum absolute atomic E-state index is 14.4. The third-order valence-corrected chi connectivity index (χ3v) is 10.3. The molecule has 4 aliphatic heterocycles. The lowest BCUT2D eigenvalue weighted by Gasteiger charge is -2.47. The van der Waals surface area contributed by atoms with Gasteiger partial charge in [0.2, 0.25) is 0 Å². The van der Waals surface area contributed by atoms with Crippen LogP contribution in [0.5, 0.6) is 6.01 Å². The van der Waals surface area contributed by atoms with Crippen molar-refractivity contribution in [2.75, 3.05) is 36.9 Å². The number of benzene rings is 1. The lowest BCUT2D eigenvalue weighted by atomic mass is 9.69. The number of hydrogen-bond donors (Lipinski definition) is 2. The number of halogens is 1. The van der Waals surface area contributed by atoms with Crippen LogP contribution in [0.1, 0.15) is 79.8 Å². The summed E-state index contributed by atoms with van der Waals surface area (Å²) in [6.07, 6.45) is 3.32. The summed E-state index contributed by atoms with van der Waals surface area (Å²) in [6, 6.07) is 6.40. The maximum Gasteiger partial charge on any atom is 0.318 e. The molecule has 5 aliphatic rings. The molecule has 1 aliphatic carbocycles. The molecule has 1 spiro atoms. The topological polar surface area (TPSA) is 121 Å². The summed E-state index contributed by atoms with van der Waals surface area (Å²) < 4.78 is 27.4. The fourth-order valence-electron chi connectivity index (χ4n) is 7.85. The predicted octanol–water partition coefficient (Wildman–Crippen LogP) is 3.32. The van der Waals surface area contributed by atoms with Crippen molar-refractivity contribution in [3.8, 4) is 12.1 Å². The standard InChI is InChI=1S/C30H37FN6O3/c1-17-6-8-30(26-20(17)4-5-23(33)21(26)12-32)11-24-22(15-40-30)27(37-14-25(38)18(37)2)35-28(34-24)39-16-29-7-3-9-36(29)13-19(31)10-29/h4-5,17-19,25,38H,3,6-11,13-16,33H2,1-2H3/t17-,18-,19+,25-,29-,30-/m0/s1. The number of alkyl halides is 1. The van der Waals surface area contributed by atoms with E-state index in [1.807, 2.05) is 19.1 Å². The number of nitrogens with two attached hydrogens (primary N) is 1. The minimum Gasteiger partial charge on any atom is -0.461 e. The molecular formula is C30H37FN6O3. The highest BCUT2D eigenvalue weighted by Gasteiger charge is 2.50. The van der Waals surface area contributed by atoms with Crippen LogP contribution in [0.4, 0.5) is 15.9 Å². The van der Waals surface area contributed by atoms with Gasteiger partial charge in [0.1, 0.15) is 30.3 Å². The van der Waals surface area contributed by atoms with Crippen LogP contribution >= 0.6 is 0 Å². The predicted molar refractivity (Wildman–Crippen MR) is 147 cm³/mol. The highest BCUT2D eigenvalue weighted by Crippen LogP contribution is 2.51. The van der Waals surface area contributed by atoms with Gasteiger partial charge in [0.05, 0.1) is 35.5 Å². The number of fused-ring (bicyclic) bond motifs is 4. The Morgan fingerprint density at radius 1 is 1.27 bits per heavy atom. The first-order chi connectivity index (χ1) is 19.2. The van der Waals surface area contributed by atoms with E-state index in [1.165, 1.54) is 0 Å². The lowest BCUT2D eigenvalue weighted by Crippen LogP contribution is -2.59. The van der Waals surface area contributed by atoms with Gasteiger partial charge in [-0.2, -0.15) is 15.2 Å². The summed E-state index contributed by atoms with van der Waals surface area (Å²) in [5.74, 6) is 1.02. The van der Waals surface area contributed by atoms with Gasteiger partial charge >= 0.3 is 6.01 Å². The van der Waals surface area contributed by atoms with Gasteiger partial charge in [-0.3, -0.25) is 4.90 Å². The van der Waals surface area contributed by atoms with Crippen molar-refractivity contribution in [1.82, 2.24) is 14.9 Å². The summed E-state index contributed by atoms with van der Waals surface area (Å²) in [4.78, 5) is 14.1. The van der Waals surface area contributed by atoms with Crippen LogP contribution in [0, 0.1) is 11.3 Å². The Morgan fingerprint density at radius 2 is 2.12 bits per heavy atom. The Morgan fingerprint density at radius 3 is 2.90 bits per heavy atom. The number of anilines is 2. The van der Waals surface area contributed by atoms with Gasteiger partial charge in [0.15, 0.2) is 0 Å². The van der Waals surface area contributed by atoms with E-state index >= 15 is 0 Å². The Hall–Kier alpha value is -3.00. The largest absolute Gasteiger partial charge is 0.461 e. The van der Waals surface area contributed by atoms with Gasteiger partial charge in [-0.25, -0.2) is 4.39 Å². The SMILES string of the molecule is C[C@H]1CC[C@]2(Cc3nc(OC[C@@]45CCCN4C[C@H](F)C5)nc(N4C[C@H](O)[C@@H]4C)c3CO2)c2c1ccc(N)c2C#N. The zero-order valence-electron chi connectivity index (χ0n) is 23.2. The second-order valence-corrected chi connectivity index (χ2v) is 12.6. The fourth-order valence-corrected chi connectivity index (χ4v) is 7.85. The molecule has 0 saturated carbocycles. The number of β-amino-alcohol motifs (C(OH)–C–C–N with tert-alkyl or cyclic N) is 1. The average molecular weight is 549 g/mol. The number of nitrogen functional groups attached to an aromatic ring is 1. The van der Waals surface area contributed by atoms with E-state index < -0.39 is 17.9 Å². The van der Waals surface area contributed by atoms with E-state index in [9.17, 15) is 14.8 Å². The van der Waals surface area contributed by atoms with E-state index in [4.69, 9.17) is 25.2 Å². The van der Waals surface area contributed by atoms with Crippen molar-refractivity contribution in [2.24, 2.45) is 0 Å². The molecule has 1 aromatic carbocycles. The average Bonchev–Trinajstić information content (AvgIpc) is 3.47. The number of aromatic nitrogens is 2. The molecule has 40 heavy (non-hydrogen) atoms. The smallest absolute Gasteiger partial charge is 0.318 e. The number of aliphatic hydroxyl groups is 1. The molecule has 9 nitrogen and oxygen atoms in total. The fraction of sp³-hybridized carbons (Fsp3) is 0.633. The monoisotopic (exact) mass is 548 g/mol. The molecule has 3 saturated heterocycles. The van der Waals surface area contributed by atoms with Crippen molar-refractivity contribution in [3.63, 3.8) is 0 Å². The molecule has 6 atom stereocenters. The summed E-state index contributed by atoms with van der Waals surface area (Å²) in [7, 11) is 0. The van der Waals surface area contributed by atoms with Crippen LogP contribution in [0.3, 0.4) is 0 Å². The summed E-state index contributed by atoms with van der Waals surface area (Å²) in [6.45, 7) is 6.63. The molecule has 1 aromatic heterocycles. The third-order valence-electron chi connectivity index (χ3n) is 10.3. The Bertz CT molecular complexity index is 1400. The van der Waals surface area contributed by atoms with Crippen LogP contribution < -0.4 is 15.4 Å². The van der Waals surface area contributed by atoms with Crippen LogP contribution in [-0.4, -0.2) is 70.1 Å². The van der Waals surface area contributed by atoms with Gasteiger partial charge in [-0.05, 0) is 56.7 Å². The minimum absolute atomic E-state index is 0.0879. The van der Waals surface area contributed by atoms with Gasteiger partial charge < -0.3 is 25.2 Å². The zero-order chi connectivity index (χ0) is 27.8. The quantitative estimate of drug-likeness (QED) is 0.554. The number of nitrogens with zero attached hydrogens (tertiary/aromatic N) is 5. The molecule has 3 fully saturated rings. The first kappa shape index (κ1) is 25.9. The maximum atomic E-state index is 14.4. The molecule has 0 radical (unpaired) electrons. The zero-order valence-corrected chi connectivity index (χ0v) is 23.2. The summed E-state index contributed by atoms with van der Waals surface area (Å²) in [5.41, 5.74) is 9.94. The van der Waals surface area contributed by atoms with Crippen molar-refractivity contribution in [3.05, 3.63) is 40.1 Å². The van der Waals surface area contributed by atoms with E-state index in [0.717, 1.165) is 60.4 Å². The molecule has 0 amide bonds. The van der Waals surface area contributed by atoms with Crippen LogP contribution in [0.15, 0.2) is 12.1 Å². The van der Waals surface area contributed by atoms with E-state index in [0.29, 0.717) is 56.3 Å². The lowest BCUT2D eigenvalue weighted by molar-refractivity contribution is -0.0875. The molecule has 2 aromatic rings. The second-order valence-electron chi connectivity index (χ2n) is 12.6. The van der Waals surface area contributed by atoms with E-state index in [1.54, 1.807) is 0 Å². The minimum atomic E-state index is -0.833. The number of rotatable bonds is 4. The van der Waals surface area contributed by atoms with Gasteiger partial charge in [0.25, 0.3) is 0 Å². The van der Waals surface area contributed by atoms with Gasteiger partial charge in [0, 0.05) is 42.7 Å². The summed E-state index contributed by atoms with van der Waals surface area (Å²) in [5, 5.41) is 20.4. The molecule has 0 unspecified atom stereocenters. The van der Waals surface area contributed by atoms with E-state index in [2.05, 4.69) is 22.8 Å². The van der Waals surface area contributed by atoms with Crippen LogP contribution in [0.25, 0.3) is 0 Å². The van der Waals surface area contributed by atoms with Crippen LogP contribution in [0.2, 0.25) is 0 Å². The number of hydrogen-bond acceptors (Lipinski definition) is 9.